The lowest BCUT2D eigenvalue weighted by Crippen LogP contribution is -2.37. The fourth-order valence-corrected chi connectivity index (χ4v) is 4.92. The van der Waals surface area contributed by atoms with Crippen molar-refractivity contribution in [1.29, 1.82) is 0 Å². The molecule has 2 aliphatic rings. The number of nitrogens with one attached hydrogen (secondary N) is 1. The molecule has 5 heteroatoms. The van der Waals surface area contributed by atoms with Crippen LogP contribution in [0.5, 0.6) is 0 Å². The van der Waals surface area contributed by atoms with Gasteiger partial charge in [0.25, 0.3) is 0 Å². The number of carbonyl (C=O) groups excluding carboxylic acids is 1. The molecule has 2 rings (SSSR count). The molecule has 2 saturated heterocycles. The predicted octanol–water partition coefficient (Wildman–Crippen LogP) is 0.0898. The average Bonchev–Trinajstić information content (AvgIpc) is 2.53. The quantitative estimate of drug-likeness (QED) is 0.677. The second-order valence-electron chi connectivity index (χ2n) is 4.41. The lowest BCUT2D eigenvalue weighted by Gasteiger charge is -2.26. The Balaban J connectivity index is 2.28. The maximum atomic E-state index is 11.4. The summed E-state index contributed by atoms with van der Waals surface area (Å²) in [5, 5.41) is 2.87. The van der Waals surface area contributed by atoms with Gasteiger partial charge in [-0.1, -0.05) is 6.92 Å². The van der Waals surface area contributed by atoms with Gasteiger partial charge in [-0.25, -0.2) is 8.42 Å². The van der Waals surface area contributed by atoms with Crippen molar-refractivity contribution in [2.45, 2.75) is 32.2 Å². The SMILES string of the molecule is CCC1NC(=O)CC12CCS(=O)(=O)C2. The molecule has 0 radical (unpaired) electrons. The number of rotatable bonds is 1. The molecule has 1 spiro atoms. The van der Waals surface area contributed by atoms with Crippen molar-refractivity contribution in [3.8, 4) is 0 Å². The van der Waals surface area contributed by atoms with Crippen molar-refractivity contribution >= 4 is 15.7 Å². The molecule has 2 atom stereocenters. The summed E-state index contributed by atoms with van der Waals surface area (Å²) in [7, 11) is -2.90. The normalized spacial score (nSPS) is 40.4. The summed E-state index contributed by atoms with van der Waals surface area (Å²) in [5.74, 6) is 0.448. The average molecular weight is 217 g/mol. The van der Waals surface area contributed by atoms with Crippen LogP contribution in [0.15, 0.2) is 0 Å². The van der Waals surface area contributed by atoms with Crippen molar-refractivity contribution < 1.29 is 13.2 Å². The molecule has 0 aliphatic carbocycles. The maximum absolute atomic E-state index is 11.4. The van der Waals surface area contributed by atoms with E-state index in [0.717, 1.165) is 6.42 Å². The fraction of sp³-hybridized carbons (Fsp3) is 0.889. The highest BCUT2D eigenvalue weighted by Crippen LogP contribution is 2.43. The summed E-state index contributed by atoms with van der Waals surface area (Å²) in [4.78, 5) is 11.3. The maximum Gasteiger partial charge on any atom is 0.220 e. The molecule has 0 aromatic carbocycles. The van der Waals surface area contributed by atoms with Gasteiger partial charge in [-0.2, -0.15) is 0 Å². The monoisotopic (exact) mass is 217 g/mol. The topological polar surface area (TPSA) is 63.2 Å². The number of carbonyl (C=O) groups is 1. The molecule has 80 valence electrons. The minimum absolute atomic E-state index is 0.00829. The summed E-state index contributed by atoms with van der Waals surface area (Å²) >= 11 is 0. The van der Waals surface area contributed by atoms with Gasteiger partial charge < -0.3 is 5.32 Å². The van der Waals surface area contributed by atoms with Crippen LogP contribution in [0.4, 0.5) is 0 Å². The van der Waals surface area contributed by atoms with Crippen LogP contribution in [0.3, 0.4) is 0 Å². The van der Waals surface area contributed by atoms with Crippen molar-refractivity contribution in [2.24, 2.45) is 5.41 Å². The molecule has 0 aromatic rings. The Kier molecular flexibility index (Phi) is 2.10. The number of sulfone groups is 1. The van der Waals surface area contributed by atoms with E-state index in [2.05, 4.69) is 5.32 Å². The minimum atomic E-state index is -2.90. The van der Waals surface area contributed by atoms with Crippen molar-refractivity contribution in [3.05, 3.63) is 0 Å². The van der Waals surface area contributed by atoms with E-state index in [1.165, 1.54) is 0 Å². The van der Waals surface area contributed by atoms with Gasteiger partial charge >= 0.3 is 0 Å². The standard InChI is InChI=1S/C9H15NO3S/c1-2-7-9(5-8(11)10-7)3-4-14(12,13)6-9/h7H,2-6H2,1H3,(H,10,11). The van der Waals surface area contributed by atoms with Crippen LogP contribution < -0.4 is 5.32 Å². The molecular weight excluding hydrogens is 202 g/mol. The first-order chi connectivity index (χ1) is 6.47. The lowest BCUT2D eigenvalue weighted by atomic mass is 9.79. The van der Waals surface area contributed by atoms with E-state index >= 15 is 0 Å². The molecule has 1 N–H and O–H groups in total. The first kappa shape index (κ1) is 9.96. The smallest absolute Gasteiger partial charge is 0.220 e. The van der Waals surface area contributed by atoms with Gasteiger partial charge in [-0.15, -0.1) is 0 Å². The van der Waals surface area contributed by atoms with E-state index in [4.69, 9.17) is 0 Å². The highest BCUT2D eigenvalue weighted by Gasteiger charge is 2.52. The molecule has 2 aliphatic heterocycles. The Morgan fingerprint density at radius 3 is 2.79 bits per heavy atom. The molecule has 4 nitrogen and oxygen atoms in total. The Hall–Kier alpha value is -0.580. The zero-order valence-corrected chi connectivity index (χ0v) is 9.06. The van der Waals surface area contributed by atoms with Gasteiger partial charge in [-0.05, 0) is 12.8 Å². The van der Waals surface area contributed by atoms with Crippen molar-refractivity contribution in [1.82, 2.24) is 5.32 Å². The molecule has 0 saturated carbocycles. The Labute approximate surface area is 84.0 Å². The largest absolute Gasteiger partial charge is 0.353 e. The summed E-state index contributed by atoms with van der Waals surface area (Å²) in [6, 6.07) is 0.0623. The lowest BCUT2D eigenvalue weighted by molar-refractivity contribution is -0.119. The van der Waals surface area contributed by atoms with Crippen LogP contribution in [-0.4, -0.2) is 31.9 Å². The second kappa shape index (κ2) is 2.95. The van der Waals surface area contributed by atoms with E-state index in [1.807, 2.05) is 6.92 Å². The molecule has 0 aromatic heterocycles. The summed E-state index contributed by atoms with van der Waals surface area (Å²) in [6.45, 7) is 1.99. The van der Waals surface area contributed by atoms with E-state index in [-0.39, 0.29) is 28.9 Å². The van der Waals surface area contributed by atoms with Gasteiger partial charge in [0.05, 0.1) is 11.5 Å². The first-order valence-corrected chi connectivity index (χ1v) is 6.79. The molecule has 0 bridgehead atoms. The second-order valence-corrected chi connectivity index (χ2v) is 6.59. The minimum Gasteiger partial charge on any atom is -0.353 e. The van der Waals surface area contributed by atoms with Gasteiger partial charge in [0, 0.05) is 17.9 Å². The zero-order valence-electron chi connectivity index (χ0n) is 8.25. The predicted molar refractivity (Wildman–Crippen MR) is 52.5 cm³/mol. The highest BCUT2D eigenvalue weighted by atomic mass is 32.2. The van der Waals surface area contributed by atoms with Crippen molar-refractivity contribution in [3.63, 3.8) is 0 Å². The summed E-state index contributed by atoms with van der Waals surface area (Å²) < 4.78 is 22.8. The summed E-state index contributed by atoms with van der Waals surface area (Å²) in [5.41, 5.74) is -0.287. The van der Waals surface area contributed by atoms with Gasteiger partial charge in [0.15, 0.2) is 9.84 Å². The summed E-state index contributed by atoms with van der Waals surface area (Å²) in [6.07, 6.45) is 1.86. The number of amides is 1. The van der Waals surface area contributed by atoms with E-state index in [0.29, 0.717) is 12.8 Å². The van der Waals surface area contributed by atoms with Gasteiger partial charge in [0.2, 0.25) is 5.91 Å². The first-order valence-electron chi connectivity index (χ1n) is 4.97. The third kappa shape index (κ3) is 1.43. The Morgan fingerprint density at radius 1 is 1.57 bits per heavy atom. The van der Waals surface area contributed by atoms with Crippen LogP contribution in [0.25, 0.3) is 0 Å². The van der Waals surface area contributed by atoms with Crippen molar-refractivity contribution in [2.75, 3.05) is 11.5 Å². The van der Waals surface area contributed by atoms with E-state index in [1.54, 1.807) is 0 Å². The van der Waals surface area contributed by atoms with E-state index in [9.17, 15) is 13.2 Å². The van der Waals surface area contributed by atoms with Gasteiger partial charge in [-0.3, -0.25) is 4.79 Å². The fourth-order valence-electron chi connectivity index (χ4n) is 2.73. The molecule has 14 heavy (non-hydrogen) atoms. The van der Waals surface area contributed by atoms with Crippen LogP contribution in [0.1, 0.15) is 26.2 Å². The highest BCUT2D eigenvalue weighted by molar-refractivity contribution is 7.91. The molecule has 2 heterocycles. The number of hydrogen-bond donors (Lipinski definition) is 1. The molecule has 1 amide bonds. The molecule has 2 unspecified atom stereocenters. The van der Waals surface area contributed by atoms with Crippen LogP contribution in [0, 0.1) is 5.41 Å². The Bertz CT molecular complexity index is 362. The Morgan fingerprint density at radius 2 is 2.29 bits per heavy atom. The van der Waals surface area contributed by atoms with Crippen LogP contribution in [0.2, 0.25) is 0 Å². The number of hydrogen-bond acceptors (Lipinski definition) is 3. The molecule has 2 fully saturated rings. The van der Waals surface area contributed by atoms with Gasteiger partial charge in [0.1, 0.15) is 0 Å². The zero-order chi connectivity index (χ0) is 10.4. The third-order valence-electron chi connectivity index (χ3n) is 3.41. The third-order valence-corrected chi connectivity index (χ3v) is 5.25. The van der Waals surface area contributed by atoms with Crippen LogP contribution >= 0.6 is 0 Å². The molecular formula is C9H15NO3S. The van der Waals surface area contributed by atoms with E-state index < -0.39 is 9.84 Å². The van der Waals surface area contributed by atoms with Crippen LogP contribution in [-0.2, 0) is 14.6 Å².